The van der Waals surface area contributed by atoms with Crippen LogP contribution >= 0.6 is 0 Å². The smallest absolute Gasteiger partial charge is 0.247 e. The lowest BCUT2D eigenvalue weighted by Crippen LogP contribution is -2.51. The van der Waals surface area contributed by atoms with Crippen molar-refractivity contribution >= 4 is 17.3 Å². The van der Waals surface area contributed by atoms with Gasteiger partial charge in [-0.05, 0) is 49.4 Å². The molecule has 3 aliphatic rings. The van der Waals surface area contributed by atoms with Gasteiger partial charge in [-0.3, -0.25) is 9.80 Å². The van der Waals surface area contributed by atoms with Gasteiger partial charge < -0.3 is 0 Å². The minimum absolute atomic E-state index is 0.0697. The summed E-state index contributed by atoms with van der Waals surface area (Å²) >= 11 is 0. The number of fused-ring (bicyclic) bond motifs is 2. The maximum Gasteiger partial charge on any atom is 0.247 e. The summed E-state index contributed by atoms with van der Waals surface area (Å²) in [5.41, 5.74) is 3.51. The molecule has 2 heterocycles. The summed E-state index contributed by atoms with van der Waals surface area (Å²) in [5, 5.41) is 4.23. The van der Waals surface area contributed by atoms with Crippen molar-refractivity contribution in [3.05, 3.63) is 60.2 Å². The number of amides is 1. The SMILES string of the molecule is O=C1N2C(Cc3ccccc3N2c2ccccc2)CC12CCC2. The molecule has 0 aromatic heterocycles. The molecule has 1 unspecified atom stereocenters. The normalized spacial score (nSPS) is 24.3. The lowest BCUT2D eigenvalue weighted by atomic mass is 9.67. The van der Waals surface area contributed by atoms with Gasteiger partial charge >= 0.3 is 0 Å². The molecule has 23 heavy (non-hydrogen) atoms. The molecule has 2 aliphatic heterocycles. The number of hydrogen-bond donors (Lipinski definition) is 0. The first-order valence-corrected chi connectivity index (χ1v) is 8.55. The molecular formula is C20H20N2O. The Morgan fingerprint density at radius 2 is 1.70 bits per heavy atom. The highest BCUT2D eigenvalue weighted by Crippen LogP contribution is 2.55. The van der Waals surface area contributed by atoms with Crippen LogP contribution in [0.2, 0.25) is 0 Å². The largest absolute Gasteiger partial charge is 0.272 e. The van der Waals surface area contributed by atoms with E-state index in [4.69, 9.17) is 0 Å². The van der Waals surface area contributed by atoms with Crippen molar-refractivity contribution in [1.82, 2.24) is 5.01 Å². The molecule has 116 valence electrons. The summed E-state index contributed by atoms with van der Waals surface area (Å²) in [7, 11) is 0. The van der Waals surface area contributed by atoms with Gasteiger partial charge in [-0.1, -0.05) is 42.8 Å². The van der Waals surface area contributed by atoms with Gasteiger partial charge in [-0.2, -0.15) is 0 Å². The number of anilines is 2. The molecule has 1 spiro atoms. The lowest BCUT2D eigenvalue weighted by molar-refractivity contribution is -0.140. The van der Waals surface area contributed by atoms with Crippen molar-refractivity contribution in [3.8, 4) is 0 Å². The number of nitrogens with zero attached hydrogens (tertiary/aromatic N) is 2. The van der Waals surface area contributed by atoms with Gasteiger partial charge in [0.05, 0.1) is 22.8 Å². The minimum Gasteiger partial charge on any atom is -0.272 e. The van der Waals surface area contributed by atoms with E-state index in [9.17, 15) is 4.79 Å². The molecule has 5 rings (SSSR count). The number of carbonyl (C=O) groups is 1. The van der Waals surface area contributed by atoms with E-state index in [-0.39, 0.29) is 5.41 Å². The predicted octanol–water partition coefficient (Wildman–Crippen LogP) is 4.07. The lowest BCUT2D eigenvalue weighted by Gasteiger charge is -2.43. The zero-order chi connectivity index (χ0) is 15.4. The molecule has 1 atom stereocenters. The Hall–Kier alpha value is -2.29. The van der Waals surface area contributed by atoms with E-state index in [1.54, 1.807) is 0 Å². The summed E-state index contributed by atoms with van der Waals surface area (Å²) in [4.78, 5) is 13.2. The second-order valence-corrected chi connectivity index (χ2v) is 7.12. The minimum atomic E-state index is -0.0697. The van der Waals surface area contributed by atoms with Crippen LogP contribution in [0.5, 0.6) is 0 Å². The third kappa shape index (κ3) is 1.73. The third-order valence-corrected chi connectivity index (χ3v) is 5.84. The topological polar surface area (TPSA) is 23.6 Å². The van der Waals surface area contributed by atoms with E-state index in [2.05, 4.69) is 46.4 Å². The summed E-state index contributed by atoms with van der Waals surface area (Å²) < 4.78 is 0. The highest BCUT2D eigenvalue weighted by molar-refractivity contribution is 5.90. The first-order valence-electron chi connectivity index (χ1n) is 8.55. The van der Waals surface area contributed by atoms with Crippen LogP contribution in [0.1, 0.15) is 31.2 Å². The zero-order valence-electron chi connectivity index (χ0n) is 13.1. The van der Waals surface area contributed by atoms with Gasteiger partial charge in [0.25, 0.3) is 0 Å². The molecule has 1 aliphatic carbocycles. The van der Waals surface area contributed by atoms with E-state index >= 15 is 0 Å². The number of para-hydroxylation sites is 2. The van der Waals surface area contributed by atoms with Crippen molar-refractivity contribution in [3.63, 3.8) is 0 Å². The van der Waals surface area contributed by atoms with E-state index in [1.807, 2.05) is 18.2 Å². The highest BCUT2D eigenvalue weighted by Gasteiger charge is 2.57. The Balaban J connectivity index is 1.67. The fourth-order valence-corrected chi connectivity index (χ4v) is 4.56. The third-order valence-electron chi connectivity index (χ3n) is 5.84. The summed E-state index contributed by atoms with van der Waals surface area (Å²) in [6.45, 7) is 0. The summed E-state index contributed by atoms with van der Waals surface area (Å²) in [5.74, 6) is 0.340. The van der Waals surface area contributed by atoms with E-state index < -0.39 is 0 Å². The van der Waals surface area contributed by atoms with Gasteiger partial charge in [-0.15, -0.1) is 0 Å². The summed E-state index contributed by atoms with van der Waals surface area (Å²) in [6.07, 6.45) is 5.33. The highest BCUT2D eigenvalue weighted by atomic mass is 16.2. The molecule has 2 aromatic carbocycles. The second kappa shape index (κ2) is 4.60. The van der Waals surface area contributed by atoms with Gasteiger partial charge in [0.2, 0.25) is 5.91 Å². The maximum atomic E-state index is 13.2. The average molecular weight is 304 g/mol. The Morgan fingerprint density at radius 1 is 0.957 bits per heavy atom. The van der Waals surface area contributed by atoms with Crippen molar-refractivity contribution in [2.24, 2.45) is 5.41 Å². The molecule has 1 amide bonds. The van der Waals surface area contributed by atoms with Gasteiger partial charge in [0, 0.05) is 0 Å². The van der Waals surface area contributed by atoms with E-state index in [0.29, 0.717) is 11.9 Å². The quantitative estimate of drug-likeness (QED) is 0.793. The molecule has 0 N–H and O–H groups in total. The summed E-state index contributed by atoms with van der Waals surface area (Å²) in [6, 6.07) is 19.1. The molecule has 3 heteroatoms. The fraction of sp³-hybridized carbons (Fsp3) is 0.350. The van der Waals surface area contributed by atoms with Crippen LogP contribution in [0, 0.1) is 5.41 Å². The fourth-order valence-electron chi connectivity index (χ4n) is 4.56. The van der Waals surface area contributed by atoms with Crippen LogP contribution in [-0.2, 0) is 11.2 Å². The van der Waals surface area contributed by atoms with Crippen molar-refractivity contribution < 1.29 is 4.79 Å². The Labute approximate surface area is 136 Å². The van der Waals surface area contributed by atoms with Crippen LogP contribution in [-0.4, -0.2) is 17.0 Å². The predicted molar refractivity (Wildman–Crippen MR) is 90.3 cm³/mol. The second-order valence-electron chi connectivity index (χ2n) is 7.12. The monoisotopic (exact) mass is 304 g/mol. The zero-order valence-corrected chi connectivity index (χ0v) is 13.1. The van der Waals surface area contributed by atoms with Crippen LogP contribution in [0.15, 0.2) is 54.6 Å². The standard InChI is InChI=1S/C20H20N2O/c23-19-20(11-6-12-20)14-17-13-15-7-4-5-10-18(15)21(22(17)19)16-8-2-1-3-9-16/h1-5,7-10,17H,6,11-14H2. The molecule has 0 radical (unpaired) electrons. The molecule has 0 bridgehead atoms. The van der Waals surface area contributed by atoms with Gasteiger partial charge in [0.15, 0.2) is 0 Å². The van der Waals surface area contributed by atoms with Crippen LogP contribution in [0.4, 0.5) is 11.4 Å². The number of rotatable bonds is 1. The van der Waals surface area contributed by atoms with Gasteiger partial charge in [-0.25, -0.2) is 5.01 Å². The number of benzene rings is 2. The van der Waals surface area contributed by atoms with E-state index in [0.717, 1.165) is 37.1 Å². The number of carbonyl (C=O) groups excluding carboxylic acids is 1. The maximum absolute atomic E-state index is 13.2. The molecule has 3 nitrogen and oxygen atoms in total. The first-order chi connectivity index (χ1) is 11.3. The molecular weight excluding hydrogens is 284 g/mol. The molecule has 1 saturated heterocycles. The van der Waals surface area contributed by atoms with Crippen LogP contribution in [0.3, 0.4) is 0 Å². The van der Waals surface area contributed by atoms with Crippen LogP contribution < -0.4 is 5.01 Å². The Kier molecular flexibility index (Phi) is 2.64. The molecule has 2 aromatic rings. The van der Waals surface area contributed by atoms with E-state index in [1.165, 1.54) is 12.0 Å². The molecule has 1 saturated carbocycles. The van der Waals surface area contributed by atoms with Crippen molar-refractivity contribution in [2.45, 2.75) is 38.1 Å². The average Bonchev–Trinajstić information content (AvgIpc) is 2.86. The Bertz CT molecular complexity index is 766. The number of hydrogen-bond acceptors (Lipinski definition) is 2. The Morgan fingerprint density at radius 3 is 2.43 bits per heavy atom. The van der Waals surface area contributed by atoms with Gasteiger partial charge in [0.1, 0.15) is 0 Å². The van der Waals surface area contributed by atoms with Crippen molar-refractivity contribution in [1.29, 1.82) is 0 Å². The number of hydrazine groups is 1. The molecule has 2 fully saturated rings. The van der Waals surface area contributed by atoms with Crippen molar-refractivity contribution in [2.75, 3.05) is 5.01 Å². The first kappa shape index (κ1) is 13.2. The van der Waals surface area contributed by atoms with Crippen LogP contribution in [0.25, 0.3) is 0 Å².